The summed E-state index contributed by atoms with van der Waals surface area (Å²) in [5.41, 5.74) is 18.6. The van der Waals surface area contributed by atoms with Gasteiger partial charge in [-0.25, -0.2) is 9.97 Å². The van der Waals surface area contributed by atoms with Crippen LogP contribution in [-0.4, -0.2) is 19.1 Å². The summed E-state index contributed by atoms with van der Waals surface area (Å²) in [6, 6.07) is 91.2. The van der Waals surface area contributed by atoms with E-state index in [9.17, 15) is 0 Å². The van der Waals surface area contributed by atoms with Crippen LogP contribution < -0.4 is 0 Å². The van der Waals surface area contributed by atoms with Crippen molar-refractivity contribution >= 4 is 43.6 Å². The molecule has 0 saturated carbocycles. The van der Waals surface area contributed by atoms with E-state index < -0.39 is 0 Å². The number of nitrogens with zero attached hydrogens (tertiary/aromatic N) is 4. The lowest BCUT2D eigenvalue weighted by Gasteiger charge is -2.15. The maximum Gasteiger partial charge on any atom is 0.160 e. The standard InChI is InChI=1S/C64H42N4/c1-6-19-43(20-7-1)50-40-54(44-21-8-2-9-22-44)63-57(41-50)56-39-48(47-33-35-61-55(38-47)53-31-16-17-32-60(53)67(61)51-28-14-5-15-29-51)34-36-62(56)68(63)52-30-18-27-49(37-52)64-65-58(45-23-10-3-11-24-45)42-59(66-64)46-25-12-4-13-26-46/h1-42H. The number of benzene rings is 10. The summed E-state index contributed by atoms with van der Waals surface area (Å²) >= 11 is 0. The molecule has 68 heavy (non-hydrogen) atoms. The van der Waals surface area contributed by atoms with Gasteiger partial charge >= 0.3 is 0 Å². The van der Waals surface area contributed by atoms with E-state index in [2.05, 4.69) is 252 Å². The highest BCUT2D eigenvalue weighted by Crippen LogP contribution is 2.44. The molecule has 0 aliphatic rings. The topological polar surface area (TPSA) is 35.6 Å². The molecule has 13 rings (SSSR count). The van der Waals surface area contributed by atoms with E-state index in [1.54, 1.807) is 0 Å². The Hall–Kier alpha value is -9.12. The van der Waals surface area contributed by atoms with Crippen LogP contribution in [0.4, 0.5) is 0 Å². The van der Waals surface area contributed by atoms with Crippen molar-refractivity contribution < 1.29 is 0 Å². The van der Waals surface area contributed by atoms with Gasteiger partial charge in [-0.3, -0.25) is 0 Å². The van der Waals surface area contributed by atoms with Crippen molar-refractivity contribution in [3.63, 3.8) is 0 Å². The number of rotatable bonds is 8. The molecule has 4 heteroatoms. The molecule has 0 amide bonds. The zero-order chi connectivity index (χ0) is 45.0. The Balaban J connectivity index is 1.05. The second-order valence-corrected chi connectivity index (χ2v) is 17.4. The van der Waals surface area contributed by atoms with Gasteiger partial charge in [0.15, 0.2) is 5.82 Å². The minimum atomic E-state index is 0.675. The molecule has 4 nitrogen and oxygen atoms in total. The second kappa shape index (κ2) is 16.4. The highest BCUT2D eigenvalue weighted by Gasteiger charge is 2.21. The molecule has 0 spiro atoms. The van der Waals surface area contributed by atoms with Gasteiger partial charge in [0.1, 0.15) is 0 Å². The van der Waals surface area contributed by atoms with Crippen molar-refractivity contribution in [2.45, 2.75) is 0 Å². The molecular weight excluding hydrogens is 825 g/mol. The van der Waals surface area contributed by atoms with Gasteiger partial charge in [-0.1, -0.05) is 182 Å². The van der Waals surface area contributed by atoms with Crippen LogP contribution in [0.1, 0.15) is 0 Å². The molecule has 10 aromatic carbocycles. The van der Waals surface area contributed by atoms with E-state index in [-0.39, 0.29) is 0 Å². The van der Waals surface area contributed by atoms with Crippen molar-refractivity contribution in [2.24, 2.45) is 0 Å². The molecule has 0 fully saturated rings. The Kier molecular flexibility index (Phi) is 9.47. The summed E-state index contributed by atoms with van der Waals surface area (Å²) in [5.74, 6) is 0.675. The van der Waals surface area contributed by atoms with Crippen LogP contribution >= 0.6 is 0 Å². The Morgan fingerprint density at radius 2 is 0.721 bits per heavy atom. The summed E-state index contributed by atoms with van der Waals surface area (Å²) in [4.78, 5) is 10.5. The van der Waals surface area contributed by atoms with Gasteiger partial charge in [0, 0.05) is 55.2 Å². The average Bonchev–Trinajstić information content (AvgIpc) is 3.94. The first-order chi connectivity index (χ1) is 33.7. The van der Waals surface area contributed by atoms with Gasteiger partial charge < -0.3 is 9.13 Å². The summed E-state index contributed by atoms with van der Waals surface area (Å²) in [6.45, 7) is 0. The van der Waals surface area contributed by atoms with Gasteiger partial charge in [-0.15, -0.1) is 0 Å². The first-order valence-electron chi connectivity index (χ1n) is 23.1. The van der Waals surface area contributed by atoms with Gasteiger partial charge in [0.2, 0.25) is 0 Å². The van der Waals surface area contributed by atoms with Crippen LogP contribution in [0.3, 0.4) is 0 Å². The summed E-state index contributed by atoms with van der Waals surface area (Å²) in [7, 11) is 0. The predicted molar refractivity (Wildman–Crippen MR) is 283 cm³/mol. The molecule has 0 atom stereocenters. The fourth-order valence-electron chi connectivity index (χ4n) is 10.1. The van der Waals surface area contributed by atoms with Gasteiger partial charge in [0.05, 0.1) is 33.5 Å². The second-order valence-electron chi connectivity index (χ2n) is 17.4. The Bertz CT molecular complexity index is 3930. The van der Waals surface area contributed by atoms with Crippen LogP contribution in [0.25, 0.3) is 122 Å². The maximum absolute atomic E-state index is 5.24. The third-order valence-corrected chi connectivity index (χ3v) is 13.3. The molecule has 0 N–H and O–H groups in total. The van der Waals surface area contributed by atoms with Crippen molar-refractivity contribution in [3.05, 3.63) is 255 Å². The molecule has 3 aromatic heterocycles. The largest absolute Gasteiger partial charge is 0.309 e. The minimum absolute atomic E-state index is 0.675. The van der Waals surface area contributed by atoms with Crippen LogP contribution in [0.15, 0.2) is 255 Å². The van der Waals surface area contributed by atoms with Gasteiger partial charge in [0.25, 0.3) is 0 Å². The third-order valence-electron chi connectivity index (χ3n) is 13.3. The van der Waals surface area contributed by atoms with E-state index in [0.29, 0.717) is 5.82 Å². The van der Waals surface area contributed by atoms with Crippen molar-refractivity contribution in [2.75, 3.05) is 0 Å². The molecule has 318 valence electrons. The highest BCUT2D eigenvalue weighted by molar-refractivity contribution is 6.17. The van der Waals surface area contributed by atoms with E-state index in [0.717, 1.165) is 67.2 Å². The van der Waals surface area contributed by atoms with Gasteiger partial charge in [-0.05, 0) is 101 Å². The van der Waals surface area contributed by atoms with Crippen LogP contribution in [0.5, 0.6) is 0 Å². The van der Waals surface area contributed by atoms with Crippen LogP contribution in [0, 0.1) is 0 Å². The normalized spacial score (nSPS) is 11.5. The molecule has 0 radical (unpaired) electrons. The molecule has 0 unspecified atom stereocenters. The summed E-state index contributed by atoms with van der Waals surface area (Å²) in [5, 5.41) is 4.83. The lowest BCUT2D eigenvalue weighted by Crippen LogP contribution is -1.99. The maximum atomic E-state index is 5.24. The fourth-order valence-corrected chi connectivity index (χ4v) is 10.1. The summed E-state index contributed by atoms with van der Waals surface area (Å²) < 4.78 is 4.83. The zero-order valence-electron chi connectivity index (χ0n) is 37.0. The average molecular weight is 867 g/mol. The van der Waals surface area contributed by atoms with E-state index >= 15 is 0 Å². The number of aromatic nitrogens is 4. The van der Waals surface area contributed by atoms with Crippen LogP contribution in [-0.2, 0) is 0 Å². The Labute approximate surface area is 394 Å². The zero-order valence-corrected chi connectivity index (χ0v) is 37.0. The lowest BCUT2D eigenvalue weighted by atomic mass is 9.95. The monoisotopic (exact) mass is 866 g/mol. The molecule has 0 bridgehead atoms. The smallest absolute Gasteiger partial charge is 0.160 e. The summed E-state index contributed by atoms with van der Waals surface area (Å²) in [6.07, 6.45) is 0. The molecule has 0 aliphatic carbocycles. The van der Waals surface area contributed by atoms with Crippen molar-refractivity contribution in [3.8, 4) is 78.7 Å². The molecule has 0 aliphatic heterocycles. The number of hydrogen-bond donors (Lipinski definition) is 0. The molecule has 0 saturated heterocycles. The first-order valence-corrected chi connectivity index (χ1v) is 23.1. The third kappa shape index (κ3) is 6.78. The minimum Gasteiger partial charge on any atom is -0.309 e. The lowest BCUT2D eigenvalue weighted by molar-refractivity contribution is 1.16. The van der Waals surface area contributed by atoms with Crippen molar-refractivity contribution in [1.29, 1.82) is 0 Å². The highest BCUT2D eigenvalue weighted by atomic mass is 15.0. The number of fused-ring (bicyclic) bond motifs is 6. The van der Waals surface area contributed by atoms with Crippen LogP contribution in [0.2, 0.25) is 0 Å². The number of para-hydroxylation sites is 2. The molecule has 13 aromatic rings. The molecule has 3 heterocycles. The van der Waals surface area contributed by atoms with Crippen molar-refractivity contribution in [1.82, 2.24) is 19.1 Å². The van der Waals surface area contributed by atoms with E-state index in [1.165, 1.54) is 49.3 Å². The molecular formula is C64H42N4. The Morgan fingerprint density at radius 1 is 0.250 bits per heavy atom. The van der Waals surface area contributed by atoms with Gasteiger partial charge in [-0.2, -0.15) is 0 Å². The Morgan fingerprint density at radius 3 is 1.35 bits per heavy atom. The fraction of sp³-hybridized carbons (Fsp3) is 0. The first kappa shape index (κ1) is 39.3. The predicted octanol–water partition coefficient (Wildman–Crippen LogP) is 16.7. The number of hydrogen-bond acceptors (Lipinski definition) is 2. The SMILES string of the molecule is c1ccc(-c2cc(-c3ccccc3)c3c(c2)c2cc(-c4ccc5c(c4)c4ccccc4n5-c4ccccc4)ccc2n3-c2cccc(-c3nc(-c4ccccc4)cc(-c4ccccc4)n3)c2)cc1. The quantitative estimate of drug-likeness (QED) is 0.153. The van der Waals surface area contributed by atoms with E-state index in [4.69, 9.17) is 9.97 Å². The van der Waals surface area contributed by atoms with E-state index in [1.807, 2.05) is 12.1 Å².